The Morgan fingerprint density at radius 2 is 0.958 bits per heavy atom. The second-order valence-electron chi connectivity index (χ2n) is 8.25. The van der Waals surface area contributed by atoms with Gasteiger partial charge in [-0.2, -0.15) is 0 Å². The summed E-state index contributed by atoms with van der Waals surface area (Å²) in [7, 11) is 0. The van der Waals surface area contributed by atoms with E-state index in [2.05, 4.69) is 0 Å². The van der Waals surface area contributed by atoms with Gasteiger partial charge in [-0.3, -0.25) is 0 Å². The molecule has 0 fully saturated rings. The van der Waals surface area contributed by atoms with E-state index >= 15 is 0 Å². The zero-order chi connectivity index (χ0) is 18.4. The maximum absolute atomic E-state index is 11.8. The molecule has 0 radical (unpaired) electrons. The van der Waals surface area contributed by atoms with Crippen LogP contribution in [0.1, 0.15) is 73.4 Å². The molecule has 0 aliphatic heterocycles. The summed E-state index contributed by atoms with van der Waals surface area (Å²) in [4.78, 5) is 23.6. The van der Waals surface area contributed by atoms with Gasteiger partial charge in [0.15, 0.2) is 0 Å². The van der Waals surface area contributed by atoms with Crippen molar-refractivity contribution < 1.29 is 19.8 Å². The molecule has 0 atom stereocenters. The fourth-order valence-electron chi connectivity index (χ4n) is 2.68. The lowest BCUT2D eigenvalue weighted by molar-refractivity contribution is 0.0686. The molecule has 0 aliphatic carbocycles. The van der Waals surface area contributed by atoms with E-state index < -0.39 is 11.9 Å². The van der Waals surface area contributed by atoms with Crippen LogP contribution in [0.2, 0.25) is 0 Å². The molecule has 2 rings (SSSR count). The number of carbonyl (C=O) groups is 2. The molecule has 2 aromatic rings. The quantitative estimate of drug-likeness (QED) is 0.828. The summed E-state index contributed by atoms with van der Waals surface area (Å²) in [5, 5.41) is 20.2. The van der Waals surface area contributed by atoms with Crippen molar-refractivity contribution in [1.29, 1.82) is 0 Å². The molecular formula is C20H24O4. The molecule has 2 aromatic carbocycles. The molecule has 4 nitrogen and oxygen atoms in total. The minimum Gasteiger partial charge on any atom is -0.478 e. The van der Waals surface area contributed by atoms with E-state index in [1.165, 1.54) is 0 Å². The fourth-order valence-corrected chi connectivity index (χ4v) is 2.68. The number of hydrogen-bond donors (Lipinski definition) is 2. The highest BCUT2D eigenvalue weighted by atomic mass is 16.4. The van der Waals surface area contributed by atoms with Crippen LogP contribution in [0.25, 0.3) is 10.8 Å². The summed E-state index contributed by atoms with van der Waals surface area (Å²) in [5.74, 6) is -2.10. The third kappa shape index (κ3) is 3.28. The van der Waals surface area contributed by atoms with Crippen molar-refractivity contribution in [3.05, 3.63) is 46.5 Å². The van der Waals surface area contributed by atoms with Crippen molar-refractivity contribution in [3.8, 4) is 0 Å². The van der Waals surface area contributed by atoms with Crippen LogP contribution in [0.3, 0.4) is 0 Å². The van der Waals surface area contributed by atoms with E-state index in [1.54, 1.807) is 24.3 Å². The Kier molecular flexibility index (Phi) is 4.21. The van der Waals surface area contributed by atoms with Crippen molar-refractivity contribution in [2.75, 3.05) is 0 Å². The minimum atomic E-state index is -1.05. The predicted molar refractivity (Wildman–Crippen MR) is 95.3 cm³/mol. The van der Waals surface area contributed by atoms with Crippen LogP contribution in [0, 0.1) is 0 Å². The van der Waals surface area contributed by atoms with Gasteiger partial charge in [-0.1, -0.05) is 41.5 Å². The van der Waals surface area contributed by atoms with E-state index in [1.807, 2.05) is 41.5 Å². The van der Waals surface area contributed by atoms with Crippen molar-refractivity contribution in [2.24, 2.45) is 0 Å². The highest BCUT2D eigenvalue weighted by Crippen LogP contribution is 2.34. The molecule has 0 spiro atoms. The minimum absolute atomic E-state index is 0.144. The van der Waals surface area contributed by atoms with Gasteiger partial charge in [0.25, 0.3) is 0 Å². The monoisotopic (exact) mass is 328 g/mol. The molecule has 24 heavy (non-hydrogen) atoms. The lowest BCUT2D eigenvalue weighted by atomic mass is 9.80. The molecule has 0 bridgehead atoms. The van der Waals surface area contributed by atoms with E-state index in [4.69, 9.17) is 0 Å². The first kappa shape index (κ1) is 18.0. The molecular weight excluding hydrogens is 304 g/mol. The summed E-state index contributed by atoms with van der Waals surface area (Å²) in [6, 6.07) is 6.92. The number of carboxylic acids is 2. The molecule has 2 N–H and O–H groups in total. The Morgan fingerprint density at radius 1 is 0.667 bits per heavy atom. The van der Waals surface area contributed by atoms with Crippen LogP contribution in [-0.2, 0) is 10.8 Å². The normalized spacial score (nSPS) is 12.4. The third-order valence-corrected chi connectivity index (χ3v) is 4.26. The van der Waals surface area contributed by atoms with Gasteiger partial charge >= 0.3 is 11.9 Å². The Bertz CT molecular complexity index is 762. The molecule has 128 valence electrons. The van der Waals surface area contributed by atoms with Crippen molar-refractivity contribution >= 4 is 22.7 Å². The van der Waals surface area contributed by atoms with E-state index in [-0.39, 0.29) is 22.0 Å². The first-order chi connectivity index (χ1) is 10.8. The average Bonchev–Trinajstić information content (AvgIpc) is 2.42. The summed E-state index contributed by atoms with van der Waals surface area (Å²) < 4.78 is 0. The van der Waals surface area contributed by atoms with Crippen LogP contribution in [0.15, 0.2) is 24.3 Å². The molecule has 0 saturated heterocycles. The van der Waals surface area contributed by atoms with E-state index in [0.29, 0.717) is 10.8 Å². The molecule has 0 heterocycles. The van der Waals surface area contributed by atoms with E-state index in [0.717, 1.165) is 11.1 Å². The summed E-state index contributed by atoms with van der Waals surface area (Å²) in [6.45, 7) is 11.9. The summed E-state index contributed by atoms with van der Waals surface area (Å²) in [5.41, 5.74) is 1.34. The molecule has 0 amide bonds. The third-order valence-electron chi connectivity index (χ3n) is 4.26. The fraction of sp³-hybridized carbons (Fsp3) is 0.400. The Morgan fingerprint density at radius 3 is 1.17 bits per heavy atom. The number of hydrogen-bond acceptors (Lipinski definition) is 2. The second-order valence-corrected chi connectivity index (χ2v) is 8.25. The highest BCUT2D eigenvalue weighted by molar-refractivity contribution is 6.11. The van der Waals surface area contributed by atoms with Gasteiger partial charge in [0.2, 0.25) is 0 Å². The van der Waals surface area contributed by atoms with E-state index in [9.17, 15) is 19.8 Å². The first-order valence-corrected chi connectivity index (χ1v) is 7.91. The van der Waals surface area contributed by atoms with Gasteiger partial charge < -0.3 is 10.2 Å². The lowest BCUT2D eigenvalue weighted by Crippen LogP contribution is -2.16. The van der Waals surface area contributed by atoms with Crippen LogP contribution >= 0.6 is 0 Å². The van der Waals surface area contributed by atoms with Crippen LogP contribution < -0.4 is 0 Å². The predicted octanol–water partition coefficient (Wildman–Crippen LogP) is 4.83. The largest absolute Gasteiger partial charge is 0.478 e. The Hall–Kier alpha value is -2.36. The molecule has 0 aromatic heterocycles. The van der Waals surface area contributed by atoms with Crippen molar-refractivity contribution in [2.45, 2.75) is 52.4 Å². The number of aromatic carboxylic acids is 2. The number of benzene rings is 2. The highest BCUT2D eigenvalue weighted by Gasteiger charge is 2.24. The van der Waals surface area contributed by atoms with Crippen molar-refractivity contribution in [1.82, 2.24) is 0 Å². The molecule has 0 unspecified atom stereocenters. The topological polar surface area (TPSA) is 74.6 Å². The number of rotatable bonds is 2. The second kappa shape index (κ2) is 5.62. The van der Waals surface area contributed by atoms with Gasteiger partial charge in [-0.05, 0) is 57.0 Å². The molecule has 0 saturated carbocycles. The van der Waals surface area contributed by atoms with Crippen LogP contribution in [0.5, 0.6) is 0 Å². The summed E-state index contributed by atoms with van der Waals surface area (Å²) in [6.07, 6.45) is 0. The molecule has 0 aliphatic rings. The maximum Gasteiger partial charge on any atom is 0.336 e. The Labute approximate surface area is 142 Å². The standard InChI is InChI=1S/C20H24O4/c1-19(2,3)11-7-13-14(15(9-11)17(21)22)8-12(20(4,5)6)10-16(13)18(23)24/h7-10H,1-6H3,(H,21,22)(H,23,24). The van der Waals surface area contributed by atoms with Crippen molar-refractivity contribution in [3.63, 3.8) is 0 Å². The lowest BCUT2D eigenvalue weighted by Gasteiger charge is -2.24. The van der Waals surface area contributed by atoms with Gasteiger partial charge in [0.05, 0.1) is 11.1 Å². The zero-order valence-electron chi connectivity index (χ0n) is 15.0. The Balaban J connectivity index is 3.03. The van der Waals surface area contributed by atoms with Gasteiger partial charge in [-0.15, -0.1) is 0 Å². The smallest absolute Gasteiger partial charge is 0.336 e. The maximum atomic E-state index is 11.8. The first-order valence-electron chi connectivity index (χ1n) is 7.91. The number of carboxylic acid groups (broad SMARTS) is 2. The summed E-state index contributed by atoms with van der Waals surface area (Å²) >= 11 is 0. The van der Waals surface area contributed by atoms with Gasteiger partial charge in [0, 0.05) is 0 Å². The van der Waals surface area contributed by atoms with Crippen LogP contribution in [0.4, 0.5) is 0 Å². The van der Waals surface area contributed by atoms with Gasteiger partial charge in [-0.25, -0.2) is 9.59 Å². The SMILES string of the molecule is CC(C)(C)c1cc(C(=O)O)c2cc(C(C)(C)C)cc(C(=O)O)c2c1. The zero-order valence-corrected chi connectivity index (χ0v) is 15.0. The molecule has 4 heteroatoms. The number of fused-ring (bicyclic) bond motifs is 1. The van der Waals surface area contributed by atoms with Gasteiger partial charge in [0.1, 0.15) is 0 Å². The van der Waals surface area contributed by atoms with Crippen LogP contribution in [-0.4, -0.2) is 22.2 Å². The average molecular weight is 328 g/mol.